The minimum absolute atomic E-state index is 0.00532. The van der Waals surface area contributed by atoms with E-state index in [1.165, 1.54) is 22.1 Å². The van der Waals surface area contributed by atoms with Crippen molar-refractivity contribution in [3.05, 3.63) is 77.5 Å². The number of nitrogens with one attached hydrogen (secondary N) is 2. The number of fused-ring (bicyclic) bond motifs is 7. The van der Waals surface area contributed by atoms with Gasteiger partial charge < -0.3 is 30.0 Å². The Labute approximate surface area is 275 Å². The second kappa shape index (κ2) is 13.2. The maximum Gasteiger partial charge on any atom is 0.316 e. The Kier molecular flexibility index (Phi) is 8.97. The average Bonchev–Trinajstić information content (AvgIpc) is 3.74. The predicted molar refractivity (Wildman–Crippen MR) is 179 cm³/mol. The van der Waals surface area contributed by atoms with Crippen LogP contribution in [0, 0.1) is 5.92 Å². The highest BCUT2D eigenvalue weighted by Crippen LogP contribution is 2.48. The minimum Gasteiger partial charge on any atom is -0.462 e. The smallest absolute Gasteiger partial charge is 0.316 e. The van der Waals surface area contributed by atoms with E-state index >= 15 is 0 Å². The Balaban J connectivity index is 0.000000151. The van der Waals surface area contributed by atoms with Crippen LogP contribution in [-0.2, 0) is 25.5 Å². The van der Waals surface area contributed by atoms with Gasteiger partial charge in [0.2, 0.25) is 5.91 Å². The van der Waals surface area contributed by atoms with Crippen molar-refractivity contribution in [2.45, 2.75) is 81.0 Å². The molecule has 0 spiro atoms. The zero-order chi connectivity index (χ0) is 32.8. The van der Waals surface area contributed by atoms with Gasteiger partial charge in [-0.15, -0.1) is 0 Å². The topological polar surface area (TPSA) is 131 Å². The minimum atomic E-state index is -0.593. The number of aromatic nitrogens is 1. The number of morpholine rings is 1. The molecule has 1 unspecified atom stereocenters. The summed E-state index contributed by atoms with van der Waals surface area (Å²) in [5.74, 6) is -1.10. The van der Waals surface area contributed by atoms with Gasteiger partial charge in [0.05, 0.1) is 25.2 Å². The molecular formula is C37H46N4O6. The van der Waals surface area contributed by atoms with Gasteiger partial charge in [0.1, 0.15) is 24.2 Å². The van der Waals surface area contributed by atoms with Gasteiger partial charge >= 0.3 is 5.97 Å². The van der Waals surface area contributed by atoms with Crippen LogP contribution in [0.3, 0.4) is 0 Å². The highest BCUT2D eigenvalue weighted by atomic mass is 16.6. The van der Waals surface area contributed by atoms with Crippen LogP contribution in [0.2, 0.25) is 0 Å². The van der Waals surface area contributed by atoms with Gasteiger partial charge in [-0.05, 0) is 55.3 Å². The molecule has 0 saturated carbocycles. The van der Waals surface area contributed by atoms with Crippen LogP contribution in [0.4, 0.5) is 0 Å². The summed E-state index contributed by atoms with van der Waals surface area (Å²) in [6, 6.07) is 16.6. The van der Waals surface area contributed by atoms with Gasteiger partial charge in [0.15, 0.2) is 0 Å². The zero-order valence-electron chi connectivity index (χ0n) is 27.3. The van der Waals surface area contributed by atoms with Crippen LogP contribution in [0.1, 0.15) is 48.8 Å². The molecule has 3 fully saturated rings. The SMILES string of the molecule is CC[C@@H](CO)NC(=O)[C@@H]1C=C2c3cccc4[nH]cc(c34)C[C@H]2N(C)C1.CN1[C@@H]2CC(OC(=O)[C@H](CO)c3ccccc3)C[C@H]1[C@@H]1O[C@@H]12. The summed E-state index contributed by atoms with van der Waals surface area (Å²) in [7, 11) is 4.22. The molecule has 1 aliphatic carbocycles. The molecule has 9 atom stereocenters. The van der Waals surface area contributed by atoms with E-state index in [1.807, 2.05) is 37.3 Å². The highest BCUT2D eigenvalue weighted by molar-refractivity contribution is 5.99. The number of nitrogens with zero attached hydrogens (tertiary/aromatic N) is 2. The van der Waals surface area contributed by atoms with Crippen molar-refractivity contribution >= 4 is 28.4 Å². The number of likely N-dealkylation sites (N-methyl/N-ethyl adjacent to an activating group) is 2. The first-order valence-electron chi connectivity index (χ1n) is 17.0. The van der Waals surface area contributed by atoms with Gasteiger partial charge in [-0.2, -0.15) is 0 Å². The number of hydrogen-bond donors (Lipinski definition) is 4. The molecule has 0 radical (unpaired) electrons. The van der Waals surface area contributed by atoms with E-state index < -0.39 is 5.92 Å². The predicted octanol–water partition coefficient (Wildman–Crippen LogP) is 2.84. The van der Waals surface area contributed by atoms with Crippen LogP contribution >= 0.6 is 0 Å². The Morgan fingerprint density at radius 3 is 2.47 bits per heavy atom. The summed E-state index contributed by atoms with van der Waals surface area (Å²) in [5.41, 5.74) is 5.81. The van der Waals surface area contributed by atoms with E-state index in [-0.39, 0.29) is 43.2 Å². The molecule has 10 nitrogen and oxygen atoms in total. The van der Waals surface area contributed by atoms with Crippen molar-refractivity contribution in [3.63, 3.8) is 0 Å². The molecule has 250 valence electrons. The number of piperidine rings is 1. The second-order valence-corrected chi connectivity index (χ2v) is 13.8. The van der Waals surface area contributed by atoms with Crippen molar-refractivity contribution in [3.8, 4) is 0 Å². The molecule has 8 rings (SSSR count). The standard InChI is InChI=1S/C20H25N3O2.C17H21NO4/c1-3-14(11-24)22-20(25)13-7-16-15-5-4-6-17-19(15)12(9-21-17)8-18(16)23(2)10-13;1-18-13-7-11(8-14(18)16-15(13)22-16)21-17(20)12(9-19)10-5-3-2-4-6-10/h4-7,9,13-14,18,21,24H,3,8,10-11H2,1-2H3,(H,22,25);2-6,11-16,19H,7-9H2,1H3/t13-,14+,18-;11?,12-,13-,14+,15-,16+/m11/s1. The lowest BCUT2D eigenvalue weighted by molar-refractivity contribution is -0.156. The number of carbonyl (C=O) groups is 2. The Morgan fingerprint density at radius 1 is 1.04 bits per heavy atom. The molecule has 10 heteroatoms. The fourth-order valence-corrected chi connectivity index (χ4v) is 8.24. The van der Waals surface area contributed by atoms with Crippen LogP contribution in [-0.4, -0.2) is 113 Å². The maximum atomic E-state index is 12.7. The Hall–Kier alpha value is -3.54. The summed E-state index contributed by atoms with van der Waals surface area (Å²) in [5, 5.41) is 23.2. The summed E-state index contributed by atoms with van der Waals surface area (Å²) in [4.78, 5) is 33.1. The normalized spacial score (nSPS) is 30.2. The maximum absolute atomic E-state index is 12.7. The lowest BCUT2D eigenvalue weighted by Gasteiger charge is -2.39. The Morgan fingerprint density at radius 2 is 1.79 bits per heavy atom. The van der Waals surface area contributed by atoms with Crippen molar-refractivity contribution in [2.24, 2.45) is 5.92 Å². The number of rotatable bonds is 8. The monoisotopic (exact) mass is 642 g/mol. The number of esters is 1. The average molecular weight is 643 g/mol. The van der Waals surface area contributed by atoms with Crippen molar-refractivity contribution in [2.75, 3.05) is 33.9 Å². The van der Waals surface area contributed by atoms with Crippen LogP contribution in [0.25, 0.3) is 16.5 Å². The van der Waals surface area contributed by atoms with Crippen LogP contribution < -0.4 is 5.32 Å². The molecule has 4 N–H and O–H groups in total. The molecule has 3 aromatic rings. The fraction of sp³-hybridized carbons (Fsp3) is 0.514. The first-order chi connectivity index (χ1) is 22.8. The molecule has 5 heterocycles. The molecule has 47 heavy (non-hydrogen) atoms. The molecule has 2 bridgehead atoms. The van der Waals surface area contributed by atoms with E-state index in [4.69, 9.17) is 9.47 Å². The third-order valence-corrected chi connectivity index (χ3v) is 11.0. The first kappa shape index (κ1) is 32.0. The number of epoxide rings is 1. The number of aliphatic hydroxyl groups is 2. The highest BCUT2D eigenvalue weighted by Gasteiger charge is 2.62. The third kappa shape index (κ3) is 6.02. The largest absolute Gasteiger partial charge is 0.462 e. The van der Waals surface area contributed by atoms with Crippen LogP contribution in [0.5, 0.6) is 0 Å². The lowest BCUT2D eigenvalue weighted by Crippen LogP contribution is -2.48. The molecule has 3 saturated heterocycles. The van der Waals surface area contributed by atoms with Crippen molar-refractivity contribution in [1.29, 1.82) is 0 Å². The number of hydrogen-bond acceptors (Lipinski definition) is 8. The second-order valence-electron chi connectivity index (χ2n) is 13.8. The van der Waals surface area contributed by atoms with E-state index in [0.717, 1.165) is 36.8 Å². The molecule has 4 aliphatic heterocycles. The number of benzene rings is 2. The van der Waals surface area contributed by atoms with E-state index in [1.54, 1.807) is 0 Å². The number of aliphatic hydroxyl groups excluding tert-OH is 2. The van der Waals surface area contributed by atoms with Gasteiger partial charge in [0, 0.05) is 54.6 Å². The number of aromatic amines is 1. The Bertz CT molecular complexity index is 1620. The first-order valence-corrected chi connectivity index (χ1v) is 17.0. The third-order valence-electron chi connectivity index (χ3n) is 11.0. The van der Waals surface area contributed by atoms with Gasteiger partial charge in [-0.25, -0.2) is 0 Å². The quantitative estimate of drug-likeness (QED) is 0.218. The van der Waals surface area contributed by atoms with Gasteiger partial charge in [-0.3, -0.25) is 19.4 Å². The molecule has 5 aliphatic rings. The van der Waals surface area contributed by atoms with Crippen molar-refractivity contribution < 1.29 is 29.3 Å². The van der Waals surface area contributed by atoms with E-state index in [0.29, 0.717) is 36.9 Å². The molecular weight excluding hydrogens is 596 g/mol. The molecule has 1 aromatic heterocycles. The summed E-state index contributed by atoms with van der Waals surface area (Å²) in [6.07, 6.45) is 8.23. The van der Waals surface area contributed by atoms with Crippen molar-refractivity contribution in [1.82, 2.24) is 20.1 Å². The number of H-pyrrole nitrogens is 1. The van der Waals surface area contributed by atoms with Crippen LogP contribution in [0.15, 0.2) is 60.8 Å². The summed E-state index contributed by atoms with van der Waals surface area (Å²) in [6.45, 7) is 2.43. The zero-order valence-corrected chi connectivity index (χ0v) is 27.3. The number of ether oxygens (including phenoxy) is 2. The van der Waals surface area contributed by atoms with E-state index in [2.05, 4.69) is 64.7 Å². The van der Waals surface area contributed by atoms with E-state index in [9.17, 15) is 19.8 Å². The van der Waals surface area contributed by atoms with Gasteiger partial charge in [-0.1, -0.05) is 55.5 Å². The summed E-state index contributed by atoms with van der Waals surface area (Å²) < 4.78 is 11.4. The molecule has 2 aromatic carbocycles. The number of carbonyl (C=O) groups excluding carboxylic acids is 2. The lowest BCUT2D eigenvalue weighted by atomic mass is 9.80. The summed E-state index contributed by atoms with van der Waals surface area (Å²) >= 11 is 0. The van der Waals surface area contributed by atoms with Gasteiger partial charge in [0.25, 0.3) is 0 Å². The molecule has 1 amide bonds. The fourth-order valence-electron chi connectivity index (χ4n) is 8.24. The number of amides is 1.